The van der Waals surface area contributed by atoms with Crippen molar-refractivity contribution in [3.05, 3.63) is 196 Å². The summed E-state index contributed by atoms with van der Waals surface area (Å²) in [6, 6.07) is 40.3. The van der Waals surface area contributed by atoms with E-state index in [1.807, 2.05) is 60.7 Å². The standard InChI is InChI=1S/C87H100N2O7.H2O/c1-24-42-88-52(3)61-44-65(93-57-34-26-53(27-35-57)84(16,17)48-80(4,5)6)71-73-67(95-59-38-30-55(31-39-59)86(20,21)50-82(10,11)12)46-63-70-64(79(92)89(43-25-2)78(63)91)47-68(96-60-40-32-56(33-41-60)87(22,23)51-83(13,14)15)74(76(70)73)72-66(45-62(77(88)90)69(61)75(71)72)94-58-36-28-54(29-37-58)85(18,19)49-81(7,8)9;/h24-41,44-47H,1-3,42-43,48-51H2,4-23H3;1H2. The van der Waals surface area contributed by atoms with Crippen LogP contribution in [0.5, 0.6) is 46.0 Å². The Hall–Kier alpha value is -8.73. The number of hydrogen-bond donors (Lipinski definition) is 0. The van der Waals surface area contributed by atoms with Crippen molar-refractivity contribution in [3.8, 4) is 46.0 Å². The van der Waals surface area contributed by atoms with E-state index in [9.17, 15) is 0 Å². The summed E-state index contributed by atoms with van der Waals surface area (Å²) >= 11 is 0. The molecule has 0 aliphatic carbocycles. The van der Waals surface area contributed by atoms with Crippen LogP contribution in [-0.2, 0) is 28.2 Å². The van der Waals surface area contributed by atoms with Gasteiger partial charge in [0.05, 0.1) is 16.5 Å². The summed E-state index contributed by atoms with van der Waals surface area (Å²) in [6.45, 7) is 58.2. The van der Waals surface area contributed by atoms with Crippen LogP contribution in [0.2, 0.25) is 0 Å². The average molecular weight is 1300 g/mol. The van der Waals surface area contributed by atoms with Gasteiger partial charge in [0.15, 0.2) is 0 Å². The number of carbonyl (C=O) groups is 2. The number of pyridine rings is 1. The fourth-order valence-electron chi connectivity index (χ4n) is 16.8. The van der Waals surface area contributed by atoms with Crippen molar-refractivity contribution in [3.63, 3.8) is 0 Å². The van der Waals surface area contributed by atoms with Crippen molar-refractivity contribution in [1.29, 1.82) is 0 Å². The zero-order valence-corrected chi connectivity index (χ0v) is 61.3. The quantitative estimate of drug-likeness (QED) is 0.0322. The van der Waals surface area contributed by atoms with Crippen LogP contribution in [-0.4, -0.2) is 33.3 Å². The lowest BCUT2D eigenvalue weighted by Gasteiger charge is -2.33. The minimum atomic E-state index is -0.506. The van der Waals surface area contributed by atoms with E-state index in [1.54, 1.807) is 28.9 Å². The molecule has 10 nitrogen and oxygen atoms in total. The van der Waals surface area contributed by atoms with E-state index in [2.05, 4.69) is 207 Å². The Balaban J connectivity index is 0.0000102. The van der Waals surface area contributed by atoms with Gasteiger partial charge in [-0.1, -0.05) is 206 Å². The molecule has 0 bridgehead atoms. The Morgan fingerprint density at radius 3 is 0.897 bits per heavy atom. The maximum absolute atomic E-state index is 15.7. The molecule has 9 aromatic carbocycles. The van der Waals surface area contributed by atoms with E-state index in [0.717, 1.165) is 42.4 Å². The number of ether oxygens (including phenoxy) is 4. The molecule has 1 aliphatic heterocycles. The van der Waals surface area contributed by atoms with Gasteiger partial charge in [-0.15, -0.1) is 13.2 Å². The molecule has 2 N–H and O–H groups in total. The first kappa shape index (κ1) is 71.1. The smallest absolute Gasteiger partial charge is 0.261 e. The van der Waals surface area contributed by atoms with Crippen LogP contribution in [0, 0.1) is 21.7 Å². The van der Waals surface area contributed by atoms with E-state index >= 15 is 14.4 Å². The molecule has 2 heterocycles. The fraction of sp³-hybridized carbons (Fsp3) is 0.391. The average Bonchev–Trinajstić information content (AvgIpc) is 0.673. The minimum absolute atomic E-state index is 0. The van der Waals surface area contributed by atoms with Crippen molar-refractivity contribution >= 4 is 72.3 Å². The summed E-state index contributed by atoms with van der Waals surface area (Å²) in [4.78, 5) is 48.0. The first-order chi connectivity index (χ1) is 44.6. The van der Waals surface area contributed by atoms with Crippen molar-refractivity contribution in [2.24, 2.45) is 21.7 Å². The number of allylic oxidation sites excluding steroid dienone is 1. The van der Waals surface area contributed by atoms with Crippen molar-refractivity contribution in [1.82, 2.24) is 9.47 Å². The number of imide groups is 1. The molecular weight excluding hydrogens is 1200 g/mol. The molecule has 0 radical (unpaired) electrons. The number of nitrogens with zero attached hydrogens (tertiary/aromatic N) is 2. The third-order valence-corrected chi connectivity index (χ3v) is 19.2. The first-order valence-electron chi connectivity index (χ1n) is 34.2. The Morgan fingerprint density at radius 1 is 0.351 bits per heavy atom. The predicted octanol–water partition coefficient (Wildman–Crippen LogP) is 22.3. The van der Waals surface area contributed by atoms with Gasteiger partial charge < -0.3 is 29.0 Å². The third kappa shape index (κ3) is 14.0. The van der Waals surface area contributed by atoms with E-state index < -0.39 is 11.8 Å². The number of rotatable bonds is 20. The van der Waals surface area contributed by atoms with Crippen LogP contribution in [0.25, 0.3) is 60.4 Å². The summed E-state index contributed by atoms with van der Waals surface area (Å²) in [5, 5.41) is 5.83. The number of amides is 2. The molecule has 2 amide bonds. The number of aromatic nitrogens is 1. The van der Waals surface area contributed by atoms with Gasteiger partial charge in [-0.3, -0.25) is 19.3 Å². The van der Waals surface area contributed by atoms with Gasteiger partial charge in [0, 0.05) is 66.9 Å². The largest absolute Gasteiger partial charge is 0.457 e. The monoisotopic (exact) mass is 1300 g/mol. The van der Waals surface area contributed by atoms with Crippen LogP contribution in [0.4, 0.5) is 0 Å². The number of benzene rings is 9. The molecular formula is C87H102N2O8. The topological polar surface area (TPSA) is 128 Å². The maximum Gasteiger partial charge on any atom is 0.261 e. The molecule has 0 fully saturated rings. The second-order valence-corrected chi connectivity index (χ2v) is 34.8. The second kappa shape index (κ2) is 25.0. The van der Waals surface area contributed by atoms with Gasteiger partial charge in [-0.05, 0) is 164 Å². The zero-order valence-electron chi connectivity index (χ0n) is 61.3. The molecule has 508 valence electrons. The molecule has 11 rings (SSSR count). The summed E-state index contributed by atoms with van der Waals surface area (Å²) in [6.07, 6.45) is 7.04. The Bertz CT molecular complexity index is 4530. The molecule has 0 unspecified atom stereocenters. The molecule has 97 heavy (non-hydrogen) atoms. The van der Waals surface area contributed by atoms with Crippen LogP contribution < -0.4 is 29.9 Å². The number of carbonyl (C=O) groups excluding carboxylic acids is 2. The highest BCUT2D eigenvalue weighted by molar-refractivity contribution is 6.44. The van der Waals surface area contributed by atoms with Crippen molar-refractivity contribution in [2.75, 3.05) is 6.54 Å². The third-order valence-electron chi connectivity index (χ3n) is 19.2. The Labute approximate surface area is 575 Å². The predicted molar refractivity (Wildman–Crippen MR) is 404 cm³/mol. The molecule has 0 atom stereocenters. The van der Waals surface area contributed by atoms with Crippen LogP contribution in [0.3, 0.4) is 0 Å². The van der Waals surface area contributed by atoms with Crippen LogP contribution in [0.1, 0.15) is 207 Å². The summed E-state index contributed by atoms with van der Waals surface area (Å²) in [5.74, 6) is 2.49. The summed E-state index contributed by atoms with van der Waals surface area (Å²) < 4.78 is 31.3. The normalized spacial score (nSPS) is 13.7. The van der Waals surface area contributed by atoms with Gasteiger partial charge in [0.2, 0.25) is 0 Å². The highest BCUT2D eigenvalue weighted by Crippen LogP contribution is 2.58. The van der Waals surface area contributed by atoms with E-state index in [4.69, 9.17) is 18.9 Å². The van der Waals surface area contributed by atoms with Crippen LogP contribution >= 0.6 is 0 Å². The molecule has 1 aromatic heterocycles. The Kier molecular flexibility index (Phi) is 18.3. The highest BCUT2D eigenvalue weighted by atomic mass is 16.5. The summed E-state index contributed by atoms with van der Waals surface area (Å²) in [5.41, 5.74) is 4.43. The van der Waals surface area contributed by atoms with E-state index in [0.29, 0.717) is 105 Å². The fourth-order valence-corrected chi connectivity index (χ4v) is 16.8. The molecule has 10 aromatic rings. The number of fused-ring (bicyclic) bond motifs is 2. The lowest BCUT2D eigenvalue weighted by molar-refractivity contribution is 0.0628. The van der Waals surface area contributed by atoms with Gasteiger partial charge in [-0.2, -0.15) is 0 Å². The SMILES string of the molecule is C=CCN1C(=O)c2cc(Oc3ccc(C(C)(C)CC(C)(C)C)cc3)c3c4c(Oc5ccc(C(C)(C)CC(C)(C)C)cc5)cc5c(=C)n(CC=C)c(=O)c6cc(Oc7ccc(C(C)(C)CC(C)(C)C)cc7)c(c7c(Oc8ccc(C(C)(C)CC(C)(C)C)cc8)cc(c2c37)C1=O)c4c56.O. The molecule has 0 saturated heterocycles. The van der Waals surface area contributed by atoms with E-state index in [1.165, 1.54) is 10.5 Å². The molecule has 0 saturated carbocycles. The van der Waals surface area contributed by atoms with E-state index in [-0.39, 0.29) is 78.6 Å². The van der Waals surface area contributed by atoms with Crippen LogP contribution in [0.15, 0.2) is 151 Å². The van der Waals surface area contributed by atoms with Crippen molar-refractivity contribution in [2.45, 2.75) is 192 Å². The van der Waals surface area contributed by atoms with Gasteiger partial charge in [0.1, 0.15) is 46.0 Å². The minimum Gasteiger partial charge on any atom is -0.457 e. The lowest BCUT2D eigenvalue weighted by atomic mass is 9.72. The molecule has 1 aliphatic rings. The first-order valence-corrected chi connectivity index (χ1v) is 34.2. The molecule has 10 heteroatoms. The molecule has 0 spiro atoms. The number of hydrogen-bond acceptors (Lipinski definition) is 7. The lowest BCUT2D eigenvalue weighted by Crippen LogP contribution is -2.40. The van der Waals surface area contributed by atoms with Gasteiger partial charge >= 0.3 is 0 Å². The summed E-state index contributed by atoms with van der Waals surface area (Å²) in [7, 11) is 0. The highest BCUT2D eigenvalue weighted by Gasteiger charge is 2.40. The van der Waals surface area contributed by atoms with Gasteiger partial charge in [0.25, 0.3) is 17.4 Å². The maximum atomic E-state index is 15.7. The van der Waals surface area contributed by atoms with Crippen molar-refractivity contribution < 1.29 is 34.0 Å². The second-order valence-electron chi connectivity index (χ2n) is 34.8. The Morgan fingerprint density at radius 2 is 0.619 bits per heavy atom. The zero-order chi connectivity index (χ0) is 69.9. The van der Waals surface area contributed by atoms with Gasteiger partial charge in [-0.25, -0.2) is 0 Å².